The SMILES string of the molecule is CCc1cc(NCC(C)Oc2ccccc2)nc(-c2ccncc2)n1. The number of anilines is 1. The van der Waals surface area contributed by atoms with Gasteiger partial charge >= 0.3 is 0 Å². The molecule has 2 aromatic heterocycles. The lowest BCUT2D eigenvalue weighted by Gasteiger charge is -2.16. The van der Waals surface area contributed by atoms with Crippen LogP contribution in [0.25, 0.3) is 11.4 Å². The summed E-state index contributed by atoms with van der Waals surface area (Å²) >= 11 is 0. The van der Waals surface area contributed by atoms with Crippen LogP contribution >= 0.6 is 0 Å². The molecule has 0 saturated carbocycles. The second kappa shape index (κ2) is 8.24. The van der Waals surface area contributed by atoms with Crippen LogP contribution in [0, 0.1) is 0 Å². The first-order valence-electron chi connectivity index (χ1n) is 8.48. The van der Waals surface area contributed by atoms with Gasteiger partial charge in [-0.3, -0.25) is 4.98 Å². The summed E-state index contributed by atoms with van der Waals surface area (Å²) in [5, 5.41) is 3.36. The highest BCUT2D eigenvalue weighted by Crippen LogP contribution is 2.18. The van der Waals surface area contributed by atoms with Crippen molar-refractivity contribution in [1.82, 2.24) is 15.0 Å². The fourth-order valence-electron chi connectivity index (χ4n) is 2.42. The Labute approximate surface area is 148 Å². The molecule has 0 spiro atoms. The van der Waals surface area contributed by atoms with E-state index in [-0.39, 0.29) is 6.10 Å². The van der Waals surface area contributed by atoms with E-state index in [0.717, 1.165) is 29.2 Å². The molecule has 3 rings (SSSR count). The van der Waals surface area contributed by atoms with Crippen LogP contribution in [0.5, 0.6) is 5.75 Å². The van der Waals surface area contributed by atoms with Crippen LogP contribution in [0.1, 0.15) is 19.5 Å². The minimum Gasteiger partial charge on any atom is -0.489 e. The third-order valence-corrected chi connectivity index (χ3v) is 3.73. The normalized spacial score (nSPS) is 11.8. The average molecular weight is 334 g/mol. The lowest BCUT2D eigenvalue weighted by molar-refractivity contribution is 0.234. The van der Waals surface area contributed by atoms with Crippen LogP contribution in [0.3, 0.4) is 0 Å². The van der Waals surface area contributed by atoms with Crippen molar-refractivity contribution < 1.29 is 4.74 Å². The number of ether oxygens (including phenoxy) is 1. The third-order valence-electron chi connectivity index (χ3n) is 3.73. The number of para-hydroxylation sites is 1. The Bertz CT molecular complexity index is 793. The summed E-state index contributed by atoms with van der Waals surface area (Å²) in [4.78, 5) is 13.3. The van der Waals surface area contributed by atoms with Gasteiger partial charge in [0.25, 0.3) is 0 Å². The smallest absolute Gasteiger partial charge is 0.161 e. The maximum Gasteiger partial charge on any atom is 0.161 e. The molecule has 1 N–H and O–H groups in total. The van der Waals surface area contributed by atoms with Gasteiger partial charge in [-0.2, -0.15) is 0 Å². The van der Waals surface area contributed by atoms with Crippen LogP contribution < -0.4 is 10.1 Å². The monoisotopic (exact) mass is 334 g/mol. The predicted octanol–water partition coefficient (Wildman–Crippen LogP) is 3.98. The zero-order chi connectivity index (χ0) is 17.5. The molecule has 0 amide bonds. The highest BCUT2D eigenvalue weighted by Gasteiger charge is 2.08. The first-order chi connectivity index (χ1) is 12.2. The molecule has 0 aliphatic carbocycles. The predicted molar refractivity (Wildman–Crippen MR) is 99.7 cm³/mol. The van der Waals surface area contributed by atoms with E-state index >= 15 is 0 Å². The number of nitrogens with one attached hydrogen (secondary N) is 1. The zero-order valence-corrected chi connectivity index (χ0v) is 14.5. The van der Waals surface area contributed by atoms with Crippen LogP contribution in [0.15, 0.2) is 60.9 Å². The number of aromatic nitrogens is 3. The summed E-state index contributed by atoms with van der Waals surface area (Å²) in [5.74, 6) is 2.38. The van der Waals surface area contributed by atoms with Gasteiger partial charge in [-0.1, -0.05) is 25.1 Å². The summed E-state index contributed by atoms with van der Waals surface area (Å²) in [6, 6.07) is 15.6. The summed E-state index contributed by atoms with van der Waals surface area (Å²) < 4.78 is 5.89. The second-order valence-corrected chi connectivity index (χ2v) is 5.78. The molecule has 3 aromatic rings. The van der Waals surface area contributed by atoms with Gasteiger partial charge in [-0.05, 0) is 37.6 Å². The van der Waals surface area contributed by atoms with Gasteiger partial charge in [-0.25, -0.2) is 9.97 Å². The highest BCUT2D eigenvalue weighted by atomic mass is 16.5. The highest BCUT2D eigenvalue weighted by molar-refractivity contribution is 5.56. The fourth-order valence-corrected chi connectivity index (χ4v) is 2.42. The van der Waals surface area contributed by atoms with Gasteiger partial charge in [0.15, 0.2) is 5.82 Å². The molecule has 0 fully saturated rings. The number of benzene rings is 1. The number of nitrogens with zero attached hydrogens (tertiary/aromatic N) is 3. The summed E-state index contributed by atoms with van der Waals surface area (Å²) in [5.41, 5.74) is 1.96. The molecule has 25 heavy (non-hydrogen) atoms. The van der Waals surface area contributed by atoms with E-state index in [1.807, 2.05) is 55.5 Å². The minimum absolute atomic E-state index is 0.0202. The number of hydrogen-bond donors (Lipinski definition) is 1. The number of aryl methyl sites for hydroxylation is 1. The van der Waals surface area contributed by atoms with E-state index in [0.29, 0.717) is 12.4 Å². The van der Waals surface area contributed by atoms with E-state index in [1.165, 1.54) is 0 Å². The molecule has 0 aliphatic rings. The first kappa shape index (κ1) is 16.9. The molecule has 128 valence electrons. The Morgan fingerprint density at radius 2 is 1.80 bits per heavy atom. The van der Waals surface area contributed by atoms with Crippen molar-refractivity contribution in [3.05, 3.63) is 66.6 Å². The lowest BCUT2D eigenvalue weighted by Crippen LogP contribution is -2.23. The molecule has 2 heterocycles. The molecular weight excluding hydrogens is 312 g/mol. The Morgan fingerprint density at radius 1 is 1.04 bits per heavy atom. The van der Waals surface area contributed by atoms with Gasteiger partial charge in [0.05, 0.1) is 6.54 Å². The largest absolute Gasteiger partial charge is 0.489 e. The minimum atomic E-state index is 0.0202. The molecule has 5 nitrogen and oxygen atoms in total. The first-order valence-corrected chi connectivity index (χ1v) is 8.48. The molecule has 0 bridgehead atoms. The quantitative estimate of drug-likeness (QED) is 0.708. The van der Waals surface area contributed by atoms with Gasteiger partial charge < -0.3 is 10.1 Å². The second-order valence-electron chi connectivity index (χ2n) is 5.78. The van der Waals surface area contributed by atoms with Crippen molar-refractivity contribution in [2.45, 2.75) is 26.4 Å². The molecule has 5 heteroatoms. The number of hydrogen-bond acceptors (Lipinski definition) is 5. The van der Waals surface area contributed by atoms with E-state index in [1.54, 1.807) is 12.4 Å². The van der Waals surface area contributed by atoms with Crippen LogP contribution in [-0.4, -0.2) is 27.6 Å². The van der Waals surface area contributed by atoms with Gasteiger partial charge in [-0.15, -0.1) is 0 Å². The molecule has 1 unspecified atom stereocenters. The Kier molecular flexibility index (Phi) is 5.57. The molecule has 1 aromatic carbocycles. The average Bonchev–Trinajstić information content (AvgIpc) is 2.67. The summed E-state index contributed by atoms with van der Waals surface area (Å²) in [6.45, 7) is 4.78. The molecule has 0 saturated heterocycles. The maximum atomic E-state index is 5.89. The third kappa shape index (κ3) is 4.76. The Hall–Kier alpha value is -2.95. The lowest BCUT2D eigenvalue weighted by atomic mass is 10.2. The van der Waals surface area contributed by atoms with Crippen LogP contribution in [-0.2, 0) is 6.42 Å². The van der Waals surface area contributed by atoms with Crippen molar-refractivity contribution >= 4 is 5.82 Å². The summed E-state index contributed by atoms with van der Waals surface area (Å²) in [6.07, 6.45) is 4.37. The van der Waals surface area contributed by atoms with Crippen molar-refractivity contribution in [3.8, 4) is 17.1 Å². The van der Waals surface area contributed by atoms with Crippen molar-refractivity contribution in [3.63, 3.8) is 0 Å². The van der Waals surface area contributed by atoms with Crippen molar-refractivity contribution in [2.24, 2.45) is 0 Å². The standard InChI is InChI=1S/C20H22N4O/c1-3-17-13-19(24-20(23-17)16-9-11-21-12-10-16)22-14-15(2)25-18-7-5-4-6-8-18/h4-13,15H,3,14H2,1-2H3,(H,22,23,24). The van der Waals surface area contributed by atoms with Crippen LogP contribution in [0.4, 0.5) is 5.82 Å². The molecule has 0 aliphatic heterocycles. The van der Waals surface area contributed by atoms with Gasteiger partial charge in [0.1, 0.15) is 17.7 Å². The van der Waals surface area contributed by atoms with Crippen molar-refractivity contribution in [2.75, 3.05) is 11.9 Å². The molecule has 1 atom stereocenters. The van der Waals surface area contributed by atoms with Crippen LogP contribution in [0.2, 0.25) is 0 Å². The van der Waals surface area contributed by atoms with E-state index in [9.17, 15) is 0 Å². The number of pyridine rings is 1. The van der Waals surface area contributed by atoms with E-state index in [4.69, 9.17) is 4.74 Å². The zero-order valence-electron chi connectivity index (χ0n) is 14.5. The van der Waals surface area contributed by atoms with Crippen molar-refractivity contribution in [1.29, 1.82) is 0 Å². The molecular formula is C20H22N4O. The van der Waals surface area contributed by atoms with E-state index in [2.05, 4.69) is 27.2 Å². The number of rotatable bonds is 7. The maximum absolute atomic E-state index is 5.89. The summed E-state index contributed by atoms with van der Waals surface area (Å²) in [7, 11) is 0. The molecule has 0 radical (unpaired) electrons. The van der Waals surface area contributed by atoms with E-state index < -0.39 is 0 Å². The van der Waals surface area contributed by atoms with Gasteiger partial charge in [0, 0.05) is 29.7 Å². The Balaban J connectivity index is 1.69. The Morgan fingerprint density at radius 3 is 2.52 bits per heavy atom. The topological polar surface area (TPSA) is 59.9 Å². The van der Waals surface area contributed by atoms with Gasteiger partial charge in [0.2, 0.25) is 0 Å². The fraction of sp³-hybridized carbons (Fsp3) is 0.250.